The van der Waals surface area contributed by atoms with Crippen LogP contribution in [0, 0.1) is 0 Å². The molecule has 3 aromatic heterocycles. The maximum Gasteiger partial charge on any atom is 0.178 e. The Kier molecular flexibility index (Phi) is 6.54. The van der Waals surface area contributed by atoms with Crippen LogP contribution >= 0.6 is 11.3 Å². The van der Waals surface area contributed by atoms with Gasteiger partial charge >= 0.3 is 0 Å². The summed E-state index contributed by atoms with van der Waals surface area (Å²) in [6, 6.07) is 65.4. The monoisotopic (exact) mass is 718 g/mol. The molecule has 256 valence electrons. The molecule has 0 aliphatic heterocycles. The van der Waals surface area contributed by atoms with Crippen LogP contribution in [0.2, 0.25) is 0 Å². The fourth-order valence-electron chi connectivity index (χ4n) is 8.86. The highest BCUT2D eigenvalue weighted by atomic mass is 32.1. The first kappa shape index (κ1) is 30.5. The summed E-state index contributed by atoms with van der Waals surface area (Å²) in [5, 5.41) is 10.7. The van der Waals surface area contributed by atoms with Crippen molar-refractivity contribution in [1.82, 2.24) is 0 Å². The van der Waals surface area contributed by atoms with E-state index in [0.29, 0.717) is 0 Å². The fraction of sp³-hybridized carbons (Fsp3) is 0. The SMILES string of the molecule is c1ccc(-c2oc3c(ccc4c5cc(-c6c7ccccc7c(-c7ccc8sc9ccccc9c8c7)c7ccccc67)ccc5oc43)c2-c2ccccc2)cc1. The van der Waals surface area contributed by atoms with Crippen LogP contribution in [-0.4, -0.2) is 0 Å². The van der Waals surface area contributed by atoms with Crippen molar-refractivity contribution < 1.29 is 8.83 Å². The summed E-state index contributed by atoms with van der Waals surface area (Å²) in [4.78, 5) is 0. The first-order chi connectivity index (χ1) is 27.3. The number of thiophene rings is 1. The summed E-state index contributed by atoms with van der Waals surface area (Å²) in [5.74, 6) is 0.847. The average Bonchev–Trinajstić information content (AvgIpc) is 3.94. The van der Waals surface area contributed by atoms with E-state index in [-0.39, 0.29) is 0 Å². The minimum atomic E-state index is 0.767. The summed E-state index contributed by atoms with van der Waals surface area (Å²) < 4.78 is 16.2. The van der Waals surface area contributed by atoms with Gasteiger partial charge in [0, 0.05) is 47.5 Å². The summed E-state index contributed by atoms with van der Waals surface area (Å²) in [6.07, 6.45) is 0. The lowest BCUT2D eigenvalue weighted by Crippen LogP contribution is -1.90. The Morgan fingerprint density at radius 2 is 0.800 bits per heavy atom. The molecule has 12 aromatic rings. The number of fused-ring (bicyclic) bond motifs is 10. The van der Waals surface area contributed by atoms with Gasteiger partial charge in [0.1, 0.15) is 11.3 Å². The molecule has 0 saturated carbocycles. The van der Waals surface area contributed by atoms with Crippen LogP contribution < -0.4 is 0 Å². The Morgan fingerprint density at radius 1 is 0.291 bits per heavy atom. The second kappa shape index (κ2) is 11.8. The van der Waals surface area contributed by atoms with Gasteiger partial charge in [-0.2, -0.15) is 0 Å². The molecule has 0 N–H and O–H groups in total. The number of rotatable bonds is 4. The van der Waals surface area contributed by atoms with Crippen molar-refractivity contribution in [2.75, 3.05) is 0 Å². The normalized spacial score (nSPS) is 12.0. The zero-order chi connectivity index (χ0) is 36.0. The molecule has 0 bridgehead atoms. The van der Waals surface area contributed by atoms with E-state index in [1.54, 1.807) is 0 Å². The topological polar surface area (TPSA) is 26.3 Å². The summed E-state index contributed by atoms with van der Waals surface area (Å²) >= 11 is 1.86. The van der Waals surface area contributed by atoms with Gasteiger partial charge in [-0.15, -0.1) is 11.3 Å². The third-order valence-corrected chi connectivity index (χ3v) is 12.4. The predicted octanol–water partition coefficient (Wildman–Crippen LogP) is 15.7. The van der Waals surface area contributed by atoms with Gasteiger partial charge in [-0.1, -0.05) is 140 Å². The number of hydrogen-bond acceptors (Lipinski definition) is 3. The van der Waals surface area contributed by atoms with Gasteiger partial charge in [-0.05, 0) is 91.8 Å². The van der Waals surface area contributed by atoms with Crippen LogP contribution in [0.4, 0.5) is 0 Å². The van der Waals surface area contributed by atoms with Gasteiger partial charge in [0.15, 0.2) is 11.2 Å². The number of benzene rings is 9. The van der Waals surface area contributed by atoms with E-state index in [1.165, 1.54) is 58.4 Å². The highest BCUT2D eigenvalue weighted by Gasteiger charge is 2.23. The lowest BCUT2D eigenvalue weighted by Gasteiger charge is -2.18. The molecule has 0 aliphatic carbocycles. The molecule has 9 aromatic carbocycles. The Bertz CT molecular complexity index is 3420. The van der Waals surface area contributed by atoms with Crippen LogP contribution in [-0.2, 0) is 0 Å². The van der Waals surface area contributed by atoms with E-state index in [2.05, 4.69) is 170 Å². The van der Waals surface area contributed by atoms with E-state index >= 15 is 0 Å². The smallest absolute Gasteiger partial charge is 0.178 e. The van der Waals surface area contributed by atoms with E-state index in [4.69, 9.17) is 8.83 Å². The van der Waals surface area contributed by atoms with Gasteiger partial charge in [-0.25, -0.2) is 0 Å². The largest absolute Gasteiger partial charge is 0.452 e. The van der Waals surface area contributed by atoms with Crippen molar-refractivity contribution in [3.63, 3.8) is 0 Å². The summed E-state index contributed by atoms with van der Waals surface area (Å²) in [7, 11) is 0. The van der Waals surface area contributed by atoms with Crippen LogP contribution in [0.1, 0.15) is 0 Å². The van der Waals surface area contributed by atoms with Crippen molar-refractivity contribution in [1.29, 1.82) is 0 Å². The number of furan rings is 2. The van der Waals surface area contributed by atoms with Gasteiger partial charge in [0.2, 0.25) is 0 Å². The van der Waals surface area contributed by atoms with Gasteiger partial charge in [-0.3, -0.25) is 0 Å². The fourth-order valence-corrected chi connectivity index (χ4v) is 9.95. The van der Waals surface area contributed by atoms with Gasteiger partial charge < -0.3 is 8.83 Å². The lowest BCUT2D eigenvalue weighted by molar-refractivity contribution is 0.612. The molecule has 0 spiro atoms. The van der Waals surface area contributed by atoms with Crippen molar-refractivity contribution in [3.8, 4) is 44.7 Å². The molecule has 0 aliphatic rings. The maximum absolute atomic E-state index is 6.82. The first-order valence-electron chi connectivity index (χ1n) is 18.7. The molecule has 55 heavy (non-hydrogen) atoms. The molecule has 0 radical (unpaired) electrons. The van der Waals surface area contributed by atoms with Crippen LogP contribution in [0.3, 0.4) is 0 Å². The third kappa shape index (κ3) is 4.54. The Labute approximate surface area is 320 Å². The molecule has 0 fully saturated rings. The van der Waals surface area contributed by atoms with Crippen LogP contribution in [0.5, 0.6) is 0 Å². The van der Waals surface area contributed by atoms with Crippen molar-refractivity contribution in [2.24, 2.45) is 0 Å². The van der Waals surface area contributed by atoms with Gasteiger partial charge in [0.05, 0.1) is 0 Å². The highest BCUT2D eigenvalue weighted by molar-refractivity contribution is 7.25. The molecule has 0 atom stereocenters. The zero-order valence-electron chi connectivity index (χ0n) is 29.5. The molecule has 3 heterocycles. The summed E-state index contributed by atoms with van der Waals surface area (Å²) in [6.45, 7) is 0. The van der Waals surface area contributed by atoms with Crippen molar-refractivity contribution in [3.05, 3.63) is 182 Å². The molecule has 2 nitrogen and oxygen atoms in total. The Morgan fingerprint density at radius 3 is 1.47 bits per heavy atom. The quantitative estimate of drug-likeness (QED) is 0.169. The molecule has 3 heteroatoms. The zero-order valence-corrected chi connectivity index (χ0v) is 30.4. The predicted molar refractivity (Wildman–Crippen MR) is 233 cm³/mol. The molecule has 0 saturated heterocycles. The second-order valence-corrected chi connectivity index (χ2v) is 15.4. The highest BCUT2D eigenvalue weighted by Crippen LogP contribution is 2.48. The van der Waals surface area contributed by atoms with Crippen molar-refractivity contribution >= 4 is 86.0 Å². The molecule has 0 amide bonds. The molecular formula is C52H30O2S. The van der Waals surface area contributed by atoms with Crippen LogP contribution in [0.25, 0.3) is 119 Å². The molecular weight excluding hydrogens is 689 g/mol. The maximum atomic E-state index is 6.82. The van der Waals surface area contributed by atoms with E-state index < -0.39 is 0 Å². The molecule has 12 rings (SSSR count). The average molecular weight is 719 g/mol. The minimum absolute atomic E-state index is 0.767. The first-order valence-corrected chi connectivity index (χ1v) is 19.5. The van der Waals surface area contributed by atoms with E-state index in [9.17, 15) is 0 Å². The van der Waals surface area contributed by atoms with E-state index in [1.807, 2.05) is 23.5 Å². The standard InChI is InChI=1S/C52H30O2S/c1-3-13-31(14-4-1)49-41-26-25-40-42-29-33(23-27-44(42)53-51(40)52(41)54-50(49)32-15-5-2-6-16-32)47-36-18-7-9-20-38(36)48(39-21-10-8-19-37(39)47)34-24-28-46-43(30-34)35-17-11-12-22-45(35)55-46/h1-30H. The third-order valence-electron chi connectivity index (χ3n) is 11.3. The Balaban J connectivity index is 1.09. The van der Waals surface area contributed by atoms with Gasteiger partial charge in [0.25, 0.3) is 0 Å². The Hall–Kier alpha value is -6.94. The van der Waals surface area contributed by atoms with Crippen molar-refractivity contribution in [2.45, 2.75) is 0 Å². The second-order valence-electron chi connectivity index (χ2n) is 14.3. The van der Waals surface area contributed by atoms with Crippen LogP contribution in [0.15, 0.2) is 191 Å². The number of hydrogen-bond donors (Lipinski definition) is 0. The molecule has 0 unspecified atom stereocenters. The lowest BCUT2D eigenvalue weighted by atomic mass is 9.85. The van der Waals surface area contributed by atoms with E-state index in [0.717, 1.165) is 60.9 Å². The summed E-state index contributed by atoms with van der Waals surface area (Å²) in [5.41, 5.74) is 10.5. The minimum Gasteiger partial charge on any atom is -0.452 e.